The highest BCUT2D eigenvalue weighted by molar-refractivity contribution is 8.01. The Morgan fingerprint density at radius 3 is 2.85 bits per heavy atom. The minimum Gasteiger partial charge on any atom is -0.398 e. The maximum Gasteiger partial charge on any atom is 0.238 e. The van der Waals surface area contributed by atoms with Crippen LogP contribution in [-0.2, 0) is 11.2 Å². The Labute approximate surface area is 122 Å². The largest absolute Gasteiger partial charge is 0.398 e. The minimum absolute atomic E-state index is 0.0365. The van der Waals surface area contributed by atoms with Crippen molar-refractivity contribution in [3.63, 3.8) is 0 Å². The molecule has 20 heavy (non-hydrogen) atoms. The van der Waals surface area contributed by atoms with Crippen molar-refractivity contribution in [2.45, 2.75) is 23.5 Å². The average molecular weight is 284 g/mol. The van der Waals surface area contributed by atoms with E-state index >= 15 is 0 Å². The number of hydrogen-bond acceptors (Lipinski definition) is 3. The maximum absolute atomic E-state index is 12.3. The summed E-state index contributed by atoms with van der Waals surface area (Å²) in [4.78, 5) is 13.5. The smallest absolute Gasteiger partial charge is 0.238 e. The van der Waals surface area contributed by atoms with Crippen molar-refractivity contribution in [2.75, 3.05) is 11.1 Å². The Bertz CT molecular complexity index is 644. The summed E-state index contributed by atoms with van der Waals surface area (Å²) in [6.07, 6.45) is 0.786. The van der Waals surface area contributed by atoms with Crippen LogP contribution < -0.4 is 11.1 Å². The number of fused-ring (bicyclic) bond motifs is 1. The molecule has 1 heterocycles. The van der Waals surface area contributed by atoms with Crippen molar-refractivity contribution < 1.29 is 4.79 Å². The van der Waals surface area contributed by atoms with Gasteiger partial charge in [0.25, 0.3) is 0 Å². The number of rotatable bonds is 2. The first-order chi connectivity index (χ1) is 9.63. The van der Waals surface area contributed by atoms with E-state index in [2.05, 4.69) is 17.4 Å². The van der Waals surface area contributed by atoms with Crippen LogP contribution in [0.4, 0.5) is 11.4 Å². The summed E-state index contributed by atoms with van der Waals surface area (Å²) in [5.41, 5.74) is 9.59. The maximum atomic E-state index is 12.3. The van der Waals surface area contributed by atoms with E-state index < -0.39 is 0 Å². The summed E-state index contributed by atoms with van der Waals surface area (Å²) in [5.74, 6) is 0.0365. The van der Waals surface area contributed by atoms with Gasteiger partial charge in [-0.15, -0.1) is 11.8 Å². The molecule has 1 amide bonds. The molecule has 2 aromatic rings. The molecule has 0 saturated heterocycles. The van der Waals surface area contributed by atoms with Gasteiger partial charge in [0.15, 0.2) is 0 Å². The van der Waals surface area contributed by atoms with Gasteiger partial charge in [0.05, 0.1) is 5.25 Å². The zero-order valence-electron chi connectivity index (χ0n) is 11.2. The van der Waals surface area contributed by atoms with E-state index in [-0.39, 0.29) is 11.2 Å². The second kappa shape index (κ2) is 5.21. The summed E-state index contributed by atoms with van der Waals surface area (Å²) >= 11 is 1.63. The molecule has 4 heteroatoms. The van der Waals surface area contributed by atoms with Gasteiger partial charge in [-0.25, -0.2) is 0 Å². The van der Waals surface area contributed by atoms with E-state index in [4.69, 9.17) is 5.73 Å². The van der Waals surface area contributed by atoms with Gasteiger partial charge >= 0.3 is 0 Å². The van der Waals surface area contributed by atoms with E-state index in [1.54, 1.807) is 17.8 Å². The third-order valence-electron chi connectivity index (χ3n) is 3.49. The molecule has 1 atom stereocenters. The van der Waals surface area contributed by atoms with Crippen molar-refractivity contribution in [1.29, 1.82) is 0 Å². The van der Waals surface area contributed by atoms with Crippen molar-refractivity contribution in [3.05, 3.63) is 53.6 Å². The lowest BCUT2D eigenvalue weighted by molar-refractivity contribution is -0.115. The number of thioether (sulfide) groups is 1. The lowest BCUT2D eigenvalue weighted by atomic mass is 10.1. The van der Waals surface area contributed by atoms with Gasteiger partial charge in [0, 0.05) is 16.3 Å². The van der Waals surface area contributed by atoms with Crippen LogP contribution in [0.25, 0.3) is 0 Å². The summed E-state index contributed by atoms with van der Waals surface area (Å²) < 4.78 is 0. The second-order valence-corrected chi connectivity index (χ2v) is 6.22. The standard InChI is InChI=1S/C16H16N2OS/c1-10-6-7-12(9-13(10)17)18-16(19)15-8-11-4-2-3-5-14(11)20-15/h2-7,9,15H,8,17H2,1H3,(H,18,19). The Balaban J connectivity index is 1.71. The molecule has 0 spiro atoms. The number of benzene rings is 2. The SMILES string of the molecule is Cc1ccc(NC(=O)C2Cc3ccccc3S2)cc1N. The van der Waals surface area contributed by atoms with Crippen LogP contribution in [0.5, 0.6) is 0 Å². The molecular formula is C16H16N2OS. The van der Waals surface area contributed by atoms with E-state index in [0.717, 1.165) is 17.7 Å². The number of aryl methyl sites for hydroxylation is 1. The monoisotopic (exact) mass is 284 g/mol. The molecule has 0 radical (unpaired) electrons. The van der Waals surface area contributed by atoms with Gasteiger partial charge in [0.1, 0.15) is 0 Å². The Kier molecular flexibility index (Phi) is 3.40. The highest BCUT2D eigenvalue weighted by Gasteiger charge is 2.27. The zero-order valence-corrected chi connectivity index (χ0v) is 12.0. The van der Waals surface area contributed by atoms with Gasteiger partial charge in [0.2, 0.25) is 5.91 Å². The average Bonchev–Trinajstić information content (AvgIpc) is 2.87. The fraction of sp³-hybridized carbons (Fsp3) is 0.188. The molecule has 3 nitrogen and oxygen atoms in total. The molecule has 102 valence electrons. The van der Waals surface area contributed by atoms with E-state index in [1.165, 1.54) is 10.5 Å². The van der Waals surface area contributed by atoms with Crippen LogP contribution in [0.15, 0.2) is 47.4 Å². The number of nitrogens with one attached hydrogen (secondary N) is 1. The van der Waals surface area contributed by atoms with Crippen molar-refractivity contribution >= 4 is 29.0 Å². The van der Waals surface area contributed by atoms with Crippen LogP contribution >= 0.6 is 11.8 Å². The van der Waals surface area contributed by atoms with Crippen LogP contribution in [0.2, 0.25) is 0 Å². The van der Waals surface area contributed by atoms with Gasteiger partial charge in [-0.05, 0) is 42.7 Å². The Hall–Kier alpha value is -1.94. The number of nitrogens with two attached hydrogens (primary N) is 1. The molecule has 0 aromatic heterocycles. The number of hydrogen-bond donors (Lipinski definition) is 2. The lowest BCUT2D eigenvalue weighted by Crippen LogP contribution is -2.24. The highest BCUT2D eigenvalue weighted by atomic mass is 32.2. The minimum atomic E-state index is -0.0603. The number of nitrogen functional groups attached to an aromatic ring is 1. The van der Waals surface area contributed by atoms with Gasteiger partial charge in [-0.1, -0.05) is 24.3 Å². The quantitative estimate of drug-likeness (QED) is 0.832. The first kappa shape index (κ1) is 13.1. The predicted molar refractivity (Wildman–Crippen MR) is 84.0 cm³/mol. The molecule has 0 bridgehead atoms. The molecule has 1 aliphatic heterocycles. The number of carbonyl (C=O) groups excluding carboxylic acids is 1. The van der Waals surface area contributed by atoms with Gasteiger partial charge < -0.3 is 11.1 Å². The van der Waals surface area contributed by atoms with Crippen LogP contribution in [0.1, 0.15) is 11.1 Å². The molecule has 0 fully saturated rings. The molecule has 1 aliphatic rings. The van der Waals surface area contributed by atoms with E-state index in [0.29, 0.717) is 5.69 Å². The molecule has 2 aromatic carbocycles. The molecule has 1 unspecified atom stereocenters. The van der Waals surface area contributed by atoms with Gasteiger partial charge in [-0.3, -0.25) is 4.79 Å². The van der Waals surface area contributed by atoms with E-state index in [1.807, 2.05) is 31.2 Å². The van der Waals surface area contributed by atoms with E-state index in [9.17, 15) is 4.79 Å². The second-order valence-electron chi connectivity index (χ2n) is 4.98. The van der Waals surface area contributed by atoms with Crippen molar-refractivity contribution in [2.24, 2.45) is 0 Å². The fourth-order valence-corrected chi connectivity index (χ4v) is 3.46. The first-order valence-corrected chi connectivity index (χ1v) is 7.43. The molecule has 0 aliphatic carbocycles. The summed E-state index contributed by atoms with van der Waals surface area (Å²) in [5, 5.41) is 2.89. The number of carbonyl (C=O) groups is 1. The first-order valence-electron chi connectivity index (χ1n) is 6.55. The fourth-order valence-electron chi connectivity index (χ4n) is 2.27. The molecule has 0 saturated carbocycles. The predicted octanol–water partition coefficient (Wildman–Crippen LogP) is 3.23. The van der Waals surface area contributed by atoms with Gasteiger partial charge in [-0.2, -0.15) is 0 Å². The van der Waals surface area contributed by atoms with Crippen LogP contribution in [0.3, 0.4) is 0 Å². The lowest BCUT2D eigenvalue weighted by Gasteiger charge is -2.11. The van der Waals surface area contributed by atoms with Crippen molar-refractivity contribution in [1.82, 2.24) is 0 Å². The van der Waals surface area contributed by atoms with Crippen LogP contribution in [0, 0.1) is 6.92 Å². The molecule has 3 N–H and O–H groups in total. The summed E-state index contributed by atoms with van der Waals surface area (Å²) in [7, 11) is 0. The zero-order chi connectivity index (χ0) is 14.1. The molecule has 3 rings (SSSR count). The third kappa shape index (κ3) is 2.51. The normalized spacial score (nSPS) is 16.8. The topological polar surface area (TPSA) is 55.1 Å². The molecular weight excluding hydrogens is 268 g/mol. The number of anilines is 2. The highest BCUT2D eigenvalue weighted by Crippen LogP contribution is 2.37. The van der Waals surface area contributed by atoms with Crippen LogP contribution in [-0.4, -0.2) is 11.2 Å². The number of amides is 1. The Morgan fingerprint density at radius 1 is 1.30 bits per heavy atom. The van der Waals surface area contributed by atoms with Crippen molar-refractivity contribution in [3.8, 4) is 0 Å². The summed E-state index contributed by atoms with van der Waals surface area (Å²) in [6.45, 7) is 1.95. The third-order valence-corrected chi connectivity index (χ3v) is 4.80. The Morgan fingerprint density at radius 2 is 2.10 bits per heavy atom. The summed E-state index contributed by atoms with van der Waals surface area (Å²) in [6, 6.07) is 13.8.